The fourth-order valence-electron chi connectivity index (χ4n) is 2.87. The molecule has 9 heteroatoms. The van der Waals surface area contributed by atoms with Gasteiger partial charge >= 0.3 is 6.09 Å². The summed E-state index contributed by atoms with van der Waals surface area (Å²) in [6, 6.07) is 0.0361. The molecule has 0 aromatic carbocycles. The van der Waals surface area contributed by atoms with Crippen molar-refractivity contribution >= 4 is 12.1 Å². The van der Waals surface area contributed by atoms with Gasteiger partial charge in [0.2, 0.25) is 0 Å². The first-order valence-electron chi connectivity index (χ1n) is 10.9. The number of nitrogens with one attached hydrogen (secondary N) is 2. The predicted molar refractivity (Wildman–Crippen MR) is 120 cm³/mol. The Hall–Kier alpha value is -2.32. The molecule has 0 spiro atoms. The van der Waals surface area contributed by atoms with E-state index in [1.807, 2.05) is 32.4 Å². The molecule has 1 atom stereocenters. The van der Waals surface area contributed by atoms with Crippen LogP contribution in [-0.4, -0.2) is 70.0 Å². The smallest absolute Gasteiger partial charge is 0.407 e. The van der Waals surface area contributed by atoms with Gasteiger partial charge in [0.25, 0.3) is 0 Å². The number of rotatable bonds is 11. The van der Waals surface area contributed by atoms with Crippen LogP contribution in [0.25, 0.3) is 0 Å². The number of carbonyl (C=O) groups is 1. The van der Waals surface area contributed by atoms with E-state index < -0.39 is 5.60 Å². The molecule has 1 heterocycles. The SMILES string of the molecule is CCNC(=NCCCCn1cnnc1)N(C)CCC(NC(=O)OC(C)(C)C)C(C)C. The number of amides is 1. The second kappa shape index (κ2) is 13.1. The van der Waals surface area contributed by atoms with Crippen LogP contribution in [0, 0.1) is 5.92 Å². The molecular formula is C21H41N7O2. The molecule has 1 rings (SSSR count). The van der Waals surface area contributed by atoms with Crippen molar-refractivity contribution in [2.45, 2.75) is 79.0 Å². The normalized spacial score (nSPS) is 13.3. The molecule has 2 N–H and O–H groups in total. The number of hydrogen-bond donors (Lipinski definition) is 2. The zero-order chi connectivity index (χ0) is 22.6. The fraction of sp³-hybridized carbons (Fsp3) is 0.810. The quantitative estimate of drug-likeness (QED) is 0.323. The molecule has 0 fully saturated rings. The lowest BCUT2D eigenvalue weighted by Gasteiger charge is -2.28. The third kappa shape index (κ3) is 11.0. The van der Waals surface area contributed by atoms with Gasteiger partial charge in [0, 0.05) is 39.3 Å². The van der Waals surface area contributed by atoms with E-state index in [1.54, 1.807) is 12.7 Å². The van der Waals surface area contributed by atoms with Gasteiger partial charge in [-0.1, -0.05) is 13.8 Å². The number of aromatic nitrogens is 3. The van der Waals surface area contributed by atoms with Crippen molar-refractivity contribution in [1.29, 1.82) is 0 Å². The highest BCUT2D eigenvalue weighted by atomic mass is 16.6. The van der Waals surface area contributed by atoms with Gasteiger partial charge in [0.05, 0.1) is 0 Å². The number of alkyl carbamates (subject to hydrolysis) is 1. The van der Waals surface area contributed by atoms with Crippen molar-refractivity contribution in [2.75, 3.05) is 26.7 Å². The first-order valence-corrected chi connectivity index (χ1v) is 10.9. The molecule has 0 radical (unpaired) electrons. The summed E-state index contributed by atoms with van der Waals surface area (Å²) in [5.74, 6) is 1.20. The summed E-state index contributed by atoms with van der Waals surface area (Å²) < 4.78 is 7.38. The second-order valence-corrected chi connectivity index (χ2v) is 8.85. The Balaban J connectivity index is 2.49. The first-order chi connectivity index (χ1) is 14.1. The number of ether oxygens (including phenoxy) is 1. The molecule has 0 aliphatic carbocycles. The van der Waals surface area contributed by atoms with Crippen LogP contribution in [0.1, 0.15) is 60.8 Å². The summed E-state index contributed by atoms with van der Waals surface area (Å²) in [6.07, 6.45) is 5.94. The van der Waals surface area contributed by atoms with Gasteiger partial charge in [-0.15, -0.1) is 10.2 Å². The Bertz CT molecular complexity index is 624. The lowest BCUT2D eigenvalue weighted by molar-refractivity contribution is 0.0486. The Kier molecular flexibility index (Phi) is 11.2. The number of carbonyl (C=O) groups excluding carboxylic acids is 1. The van der Waals surface area contributed by atoms with Crippen LogP contribution >= 0.6 is 0 Å². The molecule has 0 aliphatic rings. The van der Waals surface area contributed by atoms with E-state index in [2.05, 4.69) is 46.5 Å². The number of hydrogen-bond acceptors (Lipinski definition) is 5. The summed E-state index contributed by atoms with van der Waals surface area (Å²) in [4.78, 5) is 19.0. The highest BCUT2D eigenvalue weighted by molar-refractivity contribution is 5.79. The first kappa shape index (κ1) is 25.7. The van der Waals surface area contributed by atoms with E-state index in [9.17, 15) is 4.79 Å². The molecule has 0 bridgehead atoms. The van der Waals surface area contributed by atoms with Crippen molar-refractivity contribution in [3.05, 3.63) is 12.7 Å². The third-order valence-electron chi connectivity index (χ3n) is 4.53. The molecule has 0 aliphatic heterocycles. The van der Waals surface area contributed by atoms with Gasteiger partial charge in [-0.3, -0.25) is 4.99 Å². The fourth-order valence-corrected chi connectivity index (χ4v) is 2.87. The van der Waals surface area contributed by atoms with Gasteiger partial charge in [-0.2, -0.15) is 0 Å². The largest absolute Gasteiger partial charge is 0.444 e. The van der Waals surface area contributed by atoms with Gasteiger partial charge < -0.3 is 24.8 Å². The molecule has 1 unspecified atom stereocenters. The van der Waals surface area contributed by atoms with E-state index in [4.69, 9.17) is 9.73 Å². The van der Waals surface area contributed by atoms with Gasteiger partial charge in [0.15, 0.2) is 5.96 Å². The Morgan fingerprint density at radius 2 is 1.90 bits per heavy atom. The van der Waals surface area contributed by atoms with E-state index in [0.717, 1.165) is 51.4 Å². The maximum Gasteiger partial charge on any atom is 0.407 e. The number of unbranched alkanes of at least 4 members (excludes halogenated alkanes) is 1. The van der Waals surface area contributed by atoms with Gasteiger partial charge in [0.1, 0.15) is 18.3 Å². The minimum atomic E-state index is -0.498. The van der Waals surface area contributed by atoms with Crippen LogP contribution in [0.3, 0.4) is 0 Å². The molecule has 1 aromatic rings. The highest BCUT2D eigenvalue weighted by Crippen LogP contribution is 2.11. The van der Waals surface area contributed by atoms with Gasteiger partial charge in [-0.05, 0) is 52.9 Å². The number of guanidine groups is 1. The van der Waals surface area contributed by atoms with Gasteiger partial charge in [-0.25, -0.2) is 4.79 Å². The summed E-state index contributed by atoms with van der Waals surface area (Å²) in [5, 5.41) is 14.0. The van der Waals surface area contributed by atoms with Crippen LogP contribution in [0.2, 0.25) is 0 Å². The van der Waals surface area contributed by atoms with E-state index in [-0.39, 0.29) is 12.1 Å². The zero-order valence-corrected chi connectivity index (χ0v) is 19.8. The number of aliphatic imine (C=N–C) groups is 1. The van der Waals surface area contributed by atoms with Crippen molar-refractivity contribution in [2.24, 2.45) is 10.9 Å². The summed E-state index contributed by atoms with van der Waals surface area (Å²) in [6.45, 7) is 15.2. The predicted octanol–water partition coefficient (Wildman–Crippen LogP) is 2.90. The Labute approximate surface area is 181 Å². The van der Waals surface area contributed by atoms with E-state index in [0.29, 0.717) is 5.92 Å². The lowest BCUT2D eigenvalue weighted by atomic mass is 10.0. The van der Waals surface area contributed by atoms with E-state index in [1.165, 1.54) is 0 Å². The number of nitrogens with zero attached hydrogens (tertiary/aromatic N) is 5. The molecule has 172 valence electrons. The van der Waals surface area contributed by atoms with Crippen LogP contribution in [-0.2, 0) is 11.3 Å². The van der Waals surface area contributed by atoms with Crippen LogP contribution in [0.5, 0.6) is 0 Å². The minimum absolute atomic E-state index is 0.0361. The molecule has 1 aromatic heterocycles. The molecule has 1 amide bonds. The maximum atomic E-state index is 12.2. The molecule has 0 saturated carbocycles. The third-order valence-corrected chi connectivity index (χ3v) is 4.53. The van der Waals surface area contributed by atoms with Crippen molar-refractivity contribution < 1.29 is 9.53 Å². The van der Waals surface area contributed by atoms with Crippen LogP contribution in [0.15, 0.2) is 17.6 Å². The van der Waals surface area contributed by atoms with E-state index >= 15 is 0 Å². The minimum Gasteiger partial charge on any atom is -0.444 e. The van der Waals surface area contributed by atoms with Crippen molar-refractivity contribution in [3.8, 4) is 0 Å². The Morgan fingerprint density at radius 3 is 2.47 bits per heavy atom. The Morgan fingerprint density at radius 1 is 1.23 bits per heavy atom. The average Bonchev–Trinajstić information content (AvgIpc) is 3.15. The topological polar surface area (TPSA) is 96.7 Å². The molecule has 9 nitrogen and oxygen atoms in total. The summed E-state index contributed by atoms with van der Waals surface area (Å²) in [5.41, 5.74) is -0.498. The lowest BCUT2D eigenvalue weighted by Crippen LogP contribution is -2.45. The monoisotopic (exact) mass is 423 g/mol. The average molecular weight is 424 g/mol. The second-order valence-electron chi connectivity index (χ2n) is 8.85. The summed E-state index contributed by atoms with van der Waals surface area (Å²) in [7, 11) is 2.03. The highest BCUT2D eigenvalue weighted by Gasteiger charge is 2.22. The van der Waals surface area contributed by atoms with Crippen LogP contribution in [0.4, 0.5) is 4.79 Å². The molecule has 0 saturated heterocycles. The van der Waals surface area contributed by atoms with Crippen molar-refractivity contribution in [3.63, 3.8) is 0 Å². The summed E-state index contributed by atoms with van der Waals surface area (Å²) >= 11 is 0. The number of aryl methyl sites for hydroxylation is 1. The van der Waals surface area contributed by atoms with Crippen molar-refractivity contribution in [1.82, 2.24) is 30.3 Å². The standard InChI is InChI=1S/C21H41N7O2/c1-8-22-19(23-12-9-10-13-28-15-24-25-16-28)27(7)14-11-18(17(2)3)26-20(29)30-21(4,5)6/h15-18H,8-14H2,1-7H3,(H,22,23)(H,26,29). The van der Waals surface area contributed by atoms with Crippen LogP contribution < -0.4 is 10.6 Å². The molecule has 30 heavy (non-hydrogen) atoms. The zero-order valence-electron chi connectivity index (χ0n) is 19.8. The maximum absolute atomic E-state index is 12.2. The molecular weight excluding hydrogens is 382 g/mol.